The monoisotopic (exact) mass is 154 g/mol. The molecular weight excluding hydrogens is 147 g/mol. The van der Waals surface area contributed by atoms with Crippen molar-refractivity contribution in [3.05, 3.63) is 6.42 Å². The molecule has 0 aromatic heterocycles. The Kier molecular flexibility index (Phi) is 6.13. The van der Waals surface area contributed by atoms with Gasteiger partial charge in [-0.15, -0.1) is 0 Å². The molecule has 0 saturated heterocycles. The summed E-state index contributed by atoms with van der Waals surface area (Å²) in [6.07, 6.45) is 6.60. The molecule has 0 spiro atoms. The Hall–Kier alpha value is 0.0674. The van der Waals surface area contributed by atoms with Crippen molar-refractivity contribution in [2.75, 3.05) is 6.26 Å². The van der Waals surface area contributed by atoms with E-state index < -0.39 is 16.2 Å². The van der Waals surface area contributed by atoms with Crippen LogP contribution in [0.3, 0.4) is 0 Å². The van der Waals surface area contributed by atoms with Crippen LogP contribution in [0.2, 0.25) is 0 Å². The Morgan fingerprint density at radius 1 is 1.60 bits per heavy atom. The third-order valence-electron chi connectivity index (χ3n) is 0.522. The fourth-order valence-electron chi connectivity index (χ4n) is 0.286. The topological polar surface area (TPSA) is 43.4 Å². The van der Waals surface area contributed by atoms with Crippen molar-refractivity contribution in [1.82, 2.24) is 0 Å². The van der Waals surface area contributed by atoms with Gasteiger partial charge >= 0.3 is 18.9 Å². The first-order chi connectivity index (χ1) is 3.95. The van der Waals surface area contributed by atoms with E-state index in [4.69, 9.17) is 6.42 Å². The maximum Gasteiger partial charge on any atom is 1.00 e. The van der Waals surface area contributed by atoms with Gasteiger partial charge in [0.2, 0.25) is 0 Å². The molecule has 0 heterocycles. The van der Waals surface area contributed by atoms with E-state index in [2.05, 4.69) is 4.18 Å². The summed E-state index contributed by atoms with van der Waals surface area (Å²) in [6, 6.07) is 0. The van der Waals surface area contributed by atoms with Gasteiger partial charge in [0, 0.05) is 0 Å². The van der Waals surface area contributed by atoms with Gasteiger partial charge in [-0.25, -0.2) is 0 Å². The van der Waals surface area contributed by atoms with Crippen LogP contribution in [-0.4, -0.2) is 20.8 Å². The molecule has 52 valence electrons. The smallest absolute Gasteiger partial charge is 0.691 e. The summed E-state index contributed by atoms with van der Waals surface area (Å²) in [4.78, 5) is 0. The summed E-state index contributed by atoms with van der Waals surface area (Å²) in [7, 11) is -3.42. The summed E-state index contributed by atoms with van der Waals surface area (Å²) in [5.41, 5.74) is 0. The van der Waals surface area contributed by atoms with E-state index in [-0.39, 0.29) is 18.9 Å². The van der Waals surface area contributed by atoms with Crippen molar-refractivity contribution in [3.8, 4) is 5.92 Å². The van der Waals surface area contributed by atoms with Gasteiger partial charge in [0.05, 0.1) is 12.4 Å². The quantitative estimate of drug-likeness (QED) is 0.184. The van der Waals surface area contributed by atoms with Gasteiger partial charge in [0.1, 0.15) is 0 Å². The van der Waals surface area contributed by atoms with E-state index in [0.717, 1.165) is 6.26 Å². The average Bonchev–Trinajstić information content (AvgIpc) is 1.62. The first-order valence-corrected chi connectivity index (χ1v) is 4.08. The van der Waals surface area contributed by atoms with Gasteiger partial charge in [-0.05, 0) is 6.92 Å². The summed E-state index contributed by atoms with van der Waals surface area (Å²) >= 11 is 0. The summed E-state index contributed by atoms with van der Waals surface area (Å²) in [5.74, 6) is 1.87. The average molecular weight is 154 g/mol. The van der Waals surface area contributed by atoms with Gasteiger partial charge in [0.15, 0.2) is 0 Å². The minimum absolute atomic E-state index is 0. The number of hydrogen-bond donors (Lipinski definition) is 0. The molecule has 0 amide bonds. The maximum absolute atomic E-state index is 10.3. The van der Waals surface area contributed by atoms with Crippen molar-refractivity contribution < 1.29 is 31.5 Å². The minimum Gasteiger partial charge on any atom is -0.691 e. The van der Waals surface area contributed by atoms with E-state index in [1.54, 1.807) is 0 Å². The van der Waals surface area contributed by atoms with Crippen molar-refractivity contribution in [2.45, 2.75) is 13.0 Å². The Morgan fingerprint density at radius 3 is 2.10 bits per heavy atom. The second-order valence-electron chi connectivity index (χ2n) is 1.59. The molecule has 0 fully saturated rings. The van der Waals surface area contributed by atoms with Crippen LogP contribution in [0.25, 0.3) is 0 Å². The normalized spacial score (nSPS) is 12.9. The molecule has 0 rings (SSSR count). The molecule has 0 N–H and O–H groups in total. The van der Waals surface area contributed by atoms with Gasteiger partial charge < -0.3 is 12.3 Å². The summed E-state index contributed by atoms with van der Waals surface area (Å²) in [5, 5.41) is 0. The molecule has 0 bridgehead atoms. The van der Waals surface area contributed by atoms with Crippen LogP contribution in [0.4, 0.5) is 0 Å². The number of hydrogen-bond acceptors (Lipinski definition) is 3. The third-order valence-corrected chi connectivity index (χ3v) is 1.16. The Morgan fingerprint density at radius 2 is 2.00 bits per heavy atom. The zero-order valence-corrected chi connectivity index (χ0v) is 7.03. The van der Waals surface area contributed by atoms with Crippen LogP contribution in [0.5, 0.6) is 0 Å². The molecule has 1 atom stereocenters. The van der Waals surface area contributed by atoms with Crippen LogP contribution >= 0.6 is 0 Å². The van der Waals surface area contributed by atoms with E-state index in [1.165, 1.54) is 6.92 Å². The van der Waals surface area contributed by atoms with Crippen LogP contribution < -0.4 is 18.9 Å². The molecule has 0 aliphatic heterocycles. The zero-order valence-electron chi connectivity index (χ0n) is 6.21. The third kappa shape index (κ3) is 8.07. The molecule has 0 unspecified atom stereocenters. The Balaban J connectivity index is 0. The first-order valence-electron chi connectivity index (χ1n) is 2.26. The maximum atomic E-state index is 10.3. The molecule has 0 aliphatic rings. The summed E-state index contributed by atoms with van der Waals surface area (Å²) in [6.45, 7) is 1.42. The Bertz CT molecular complexity index is 214. The molecule has 5 heteroatoms. The van der Waals surface area contributed by atoms with Crippen molar-refractivity contribution >= 4 is 10.1 Å². The first kappa shape index (κ1) is 12.7. The SMILES string of the molecule is [C-]#C[C@H](C)OS(C)(=O)=O.[Li+]. The van der Waals surface area contributed by atoms with E-state index >= 15 is 0 Å². The second kappa shape index (κ2) is 4.82. The second-order valence-corrected chi connectivity index (χ2v) is 3.19. The molecule has 0 saturated carbocycles. The van der Waals surface area contributed by atoms with Crippen LogP contribution in [0, 0.1) is 12.3 Å². The van der Waals surface area contributed by atoms with E-state index in [9.17, 15) is 8.42 Å². The zero-order chi connectivity index (χ0) is 7.49. The standard InChI is InChI=1S/C5H7O3S.Li/c1-4-5(2)8-9(3,6)7;/h5H,2-3H3;/q-1;+1/t5-;/m0./s1. The van der Waals surface area contributed by atoms with E-state index in [1.807, 2.05) is 5.92 Å². The van der Waals surface area contributed by atoms with Gasteiger partial charge in [-0.2, -0.15) is 8.42 Å². The largest absolute Gasteiger partial charge is 1.00 e. The van der Waals surface area contributed by atoms with Crippen LogP contribution in [-0.2, 0) is 14.3 Å². The van der Waals surface area contributed by atoms with Gasteiger partial charge in [0.25, 0.3) is 10.1 Å². The minimum atomic E-state index is -3.42. The van der Waals surface area contributed by atoms with Gasteiger partial charge in [-0.3, -0.25) is 4.18 Å². The molecular formula is C5H7LiO3S. The molecule has 0 aromatic rings. The fourth-order valence-corrected chi connectivity index (χ4v) is 0.859. The predicted octanol–water partition coefficient (Wildman–Crippen LogP) is -3.06. The van der Waals surface area contributed by atoms with Crippen LogP contribution in [0.15, 0.2) is 0 Å². The molecule has 10 heavy (non-hydrogen) atoms. The molecule has 0 radical (unpaired) electrons. The van der Waals surface area contributed by atoms with Crippen molar-refractivity contribution in [1.29, 1.82) is 0 Å². The van der Waals surface area contributed by atoms with Gasteiger partial charge in [-0.1, -0.05) is 0 Å². The fraction of sp³-hybridized carbons (Fsp3) is 0.600. The van der Waals surface area contributed by atoms with Crippen molar-refractivity contribution in [3.63, 3.8) is 0 Å². The molecule has 0 aromatic carbocycles. The van der Waals surface area contributed by atoms with Crippen LogP contribution in [0.1, 0.15) is 6.92 Å². The molecule has 0 aliphatic carbocycles. The number of rotatable bonds is 2. The predicted molar refractivity (Wildman–Crippen MR) is 32.5 cm³/mol. The molecule has 3 nitrogen and oxygen atoms in total. The Labute approximate surface area is 73.4 Å². The summed E-state index contributed by atoms with van der Waals surface area (Å²) < 4.78 is 24.8. The van der Waals surface area contributed by atoms with Crippen molar-refractivity contribution in [2.24, 2.45) is 0 Å². The van der Waals surface area contributed by atoms with E-state index in [0.29, 0.717) is 0 Å².